The molecule has 1 unspecified atom stereocenters. The van der Waals surface area contributed by atoms with E-state index in [1.807, 2.05) is 21.0 Å². The maximum Gasteiger partial charge on any atom is 0.186 e. The Kier molecular flexibility index (Phi) is 5.47. The molecule has 0 radical (unpaired) electrons. The van der Waals surface area contributed by atoms with Gasteiger partial charge in [0.15, 0.2) is 11.6 Å². The molecule has 102 valence electrons. The van der Waals surface area contributed by atoms with Gasteiger partial charge in [-0.2, -0.15) is 0 Å². The molecule has 0 amide bonds. The fourth-order valence-electron chi connectivity index (χ4n) is 1.75. The van der Waals surface area contributed by atoms with Crippen molar-refractivity contribution < 1.29 is 4.39 Å². The number of aromatic nitrogens is 2. The number of nitrogens with zero attached hydrogens (tertiary/aromatic N) is 3. The molecule has 18 heavy (non-hydrogen) atoms. The Labute approximate surface area is 109 Å². The molecule has 1 rings (SSSR count). The minimum atomic E-state index is -0.329. The van der Waals surface area contributed by atoms with Crippen LogP contribution in [-0.2, 0) is 6.42 Å². The van der Waals surface area contributed by atoms with Gasteiger partial charge < -0.3 is 10.2 Å². The SMILES string of the molecule is CCc1ncnc(NC(CN(C)C)C(C)C)c1F. The lowest BCUT2D eigenvalue weighted by atomic mass is 10.0. The van der Waals surface area contributed by atoms with E-state index in [1.54, 1.807) is 0 Å². The molecule has 0 saturated carbocycles. The van der Waals surface area contributed by atoms with Crippen LogP contribution in [0.3, 0.4) is 0 Å². The first-order chi connectivity index (χ1) is 8.45. The first-order valence-electron chi connectivity index (χ1n) is 6.36. The minimum Gasteiger partial charge on any atom is -0.363 e. The maximum absolute atomic E-state index is 14.0. The summed E-state index contributed by atoms with van der Waals surface area (Å²) in [5, 5.41) is 3.18. The number of halogens is 1. The molecule has 0 saturated heterocycles. The normalized spacial score (nSPS) is 13.1. The van der Waals surface area contributed by atoms with Crippen LogP contribution in [0, 0.1) is 11.7 Å². The third kappa shape index (κ3) is 3.91. The Morgan fingerprint density at radius 2 is 2.00 bits per heavy atom. The molecule has 0 aliphatic carbocycles. The van der Waals surface area contributed by atoms with Crippen LogP contribution in [-0.4, -0.2) is 41.5 Å². The number of rotatable bonds is 6. The van der Waals surface area contributed by atoms with Gasteiger partial charge in [0.05, 0.1) is 5.69 Å². The fraction of sp³-hybridized carbons (Fsp3) is 0.692. The van der Waals surface area contributed by atoms with E-state index in [1.165, 1.54) is 6.33 Å². The summed E-state index contributed by atoms with van der Waals surface area (Å²) in [6.07, 6.45) is 1.99. The first-order valence-corrected chi connectivity index (χ1v) is 6.36. The van der Waals surface area contributed by atoms with Crippen molar-refractivity contribution in [1.82, 2.24) is 14.9 Å². The highest BCUT2D eigenvalue weighted by Gasteiger charge is 2.18. The summed E-state index contributed by atoms with van der Waals surface area (Å²) in [4.78, 5) is 10.0. The Balaban J connectivity index is 2.87. The van der Waals surface area contributed by atoms with Gasteiger partial charge in [0.2, 0.25) is 0 Å². The van der Waals surface area contributed by atoms with Crippen LogP contribution in [0.2, 0.25) is 0 Å². The fourth-order valence-corrected chi connectivity index (χ4v) is 1.75. The second-order valence-corrected chi connectivity index (χ2v) is 5.09. The van der Waals surface area contributed by atoms with E-state index in [-0.39, 0.29) is 11.9 Å². The van der Waals surface area contributed by atoms with Crippen LogP contribution in [0.5, 0.6) is 0 Å². The van der Waals surface area contributed by atoms with Crippen molar-refractivity contribution in [3.63, 3.8) is 0 Å². The molecule has 0 aliphatic rings. The van der Waals surface area contributed by atoms with E-state index in [0.717, 1.165) is 6.54 Å². The quantitative estimate of drug-likeness (QED) is 0.844. The number of nitrogens with one attached hydrogen (secondary N) is 1. The molecule has 5 heteroatoms. The summed E-state index contributed by atoms with van der Waals surface area (Å²) in [5.74, 6) is 0.374. The van der Waals surface area contributed by atoms with Crippen LogP contribution in [0.4, 0.5) is 10.2 Å². The highest BCUT2D eigenvalue weighted by atomic mass is 19.1. The van der Waals surface area contributed by atoms with Crippen molar-refractivity contribution in [2.24, 2.45) is 5.92 Å². The van der Waals surface area contributed by atoms with Crippen molar-refractivity contribution in [3.05, 3.63) is 17.8 Å². The zero-order valence-corrected chi connectivity index (χ0v) is 11.9. The van der Waals surface area contributed by atoms with E-state index in [4.69, 9.17) is 0 Å². The summed E-state index contributed by atoms with van der Waals surface area (Å²) in [5.41, 5.74) is 0.458. The monoisotopic (exact) mass is 254 g/mol. The highest BCUT2D eigenvalue weighted by Crippen LogP contribution is 2.16. The molecule has 1 aromatic rings. The molecule has 0 spiro atoms. The van der Waals surface area contributed by atoms with Crippen LogP contribution in [0.25, 0.3) is 0 Å². The van der Waals surface area contributed by atoms with Gasteiger partial charge in [0, 0.05) is 12.6 Å². The lowest BCUT2D eigenvalue weighted by Gasteiger charge is -2.26. The molecule has 0 aliphatic heterocycles. The smallest absolute Gasteiger partial charge is 0.186 e. The minimum absolute atomic E-state index is 0.161. The average Bonchev–Trinajstić information content (AvgIpc) is 2.30. The zero-order valence-electron chi connectivity index (χ0n) is 11.9. The number of hydrogen-bond acceptors (Lipinski definition) is 4. The molecule has 1 heterocycles. The average molecular weight is 254 g/mol. The molecule has 0 fully saturated rings. The predicted molar refractivity (Wildman–Crippen MR) is 72.2 cm³/mol. The van der Waals surface area contributed by atoms with Crippen LogP contribution in [0.1, 0.15) is 26.5 Å². The highest BCUT2D eigenvalue weighted by molar-refractivity contribution is 5.38. The molecule has 0 aromatic carbocycles. The molecule has 0 bridgehead atoms. The summed E-state index contributed by atoms with van der Waals surface area (Å²) in [7, 11) is 4.01. The van der Waals surface area contributed by atoms with Gasteiger partial charge in [-0.3, -0.25) is 0 Å². The molecule has 4 nitrogen and oxygen atoms in total. The van der Waals surface area contributed by atoms with E-state index in [0.29, 0.717) is 23.9 Å². The second kappa shape index (κ2) is 6.64. The van der Waals surface area contributed by atoms with Crippen molar-refractivity contribution in [2.75, 3.05) is 26.0 Å². The number of hydrogen-bond donors (Lipinski definition) is 1. The zero-order chi connectivity index (χ0) is 13.7. The van der Waals surface area contributed by atoms with Crippen LogP contribution < -0.4 is 5.32 Å². The third-order valence-electron chi connectivity index (χ3n) is 2.89. The predicted octanol–water partition coefficient (Wildman–Crippen LogP) is 2.18. The number of likely N-dealkylation sites (N-methyl/N-ethyl adjacent to an activating group) is 1. The lowest BCUT2D eigenvalue weighted by molar-refractivity contribution is 0.343. The molecular formula is C13H23FN4. The largest absolute Gasteiger partial charge is 0.363 e. The molecule has 1 atom stereocenters. The van der Waals surface area contributed by atoms with Gasteiger partial charge in [0.1, 0.15) is 6.33 Å². The Hall–Kier alpha value is -1.23. The van der Waals surface area contributed by atoms with E-state index >= 15 is 0 Å². The Morgan fingerprint density at radius 3 is 2.50 bits per heavy atom. The molecule has 1 N–H and O–H groups in total. The lowest BCUT2D eigenvalue weighted by Crippen LogP contribution is -2.37. The third-order valence-corrected chi connectivity index (χ3v) is 2.89. The Morgan fingerprint density at radius 1 is 1.33 bits per heavy atom. The number of anilines is 1. The van der Waals surface area contributed by atoms with Gasteiger partial charge in [-0.15, -0.1) is 0 Å². The number of aryl methyl sites for hydroxylation is 1. The Bertz CT molecular complexity index is 379. The summed E-state index contributed by atoms with van der Waals surface area (Å²) in [6.45, 7) is 6.94. The topological polar surface area (TPSA) is 41.1 Å². The second-order valence-electron chi connectivity index (χ2n) is 5.09. The molecule has 1 aromatic heterocycles. The van der Waals surface area contributed by atoms with Gasteiger partial charge in [-0.25, -0.2) is 14.4 Å². The van der Waals surface area contributed by atoms with E-state index < -0.39 is 0 Å². The van der Waals surface area contributed by atoms with Crippen molar-refractivity contribution >= 4 is 5.82 Å². The van der Waals surface area contributed by atoms with Crippen molar-refractivity contribution in [3.8, 4) is 0 Å². The van der Waals surface area contributed by atoms with Gasteiger partial charge >= 0.3 is 0 Å². The summed E-state index contributed by atoms with van der Waals surface area (Å²) in [6, 6.07) is 0.161. The van der Waals surface area contributed by atoms with Gasteiger partial charge in [-0.1, -0.05) is 20.8 Å². The van der Waals surface area contributed by atoms with E-state index in [9.17, 15) is 4.39 Å². The van der Waals surface area contributed by atoms with Crippen LogP contribution >= 0.6 is 0 Å². The summed E-state index contributed by atoms with van der Waals surface area (Å²) < 4.78 is 14.0. The standard InChI is InChI=1S/C13H23FN4/c1-6-10-12(14)13(16-8-15-10)17-11(9(2)3)7-18(4)5/h8-9,11H,6-7H2,1-5H3,(H,15,16,17). The van der Waals surface area contributed by atoms with Gasteiger partial charge in [-0.05, 0) is 26.4 Å². The summed E-state index contributed by atoms with van der Waals surface area (Å²) >= 11 is 0. The molecular weight excluding hydrogens is 231 g/mol. The first kappa shape index (κ1) is 14.8. The van der Waals surface area contributed by atoms with E-state index in [2.05, 4.69) is 34.0 Å². The van der Waals surface area contributed by atoms with Crippen molar-refractivity contribution in [2.45, 2.75) is 33.2 Å². The van der Waals surface area contributed by atoms with Gasteiger partial charge in [0.25, 0.3) is 0 Å². The van der Waals surface area contributed by atoms with Crippen LogP contribution in [0.15, 0.2) is 6.33 Å². The van der Waals surface area contributed by atoms with Crippen molar-refractivity contribution in [1.29, 1.82) is 0 Å². The maximum atomic E-state index is 14.0.